The van der Waals surface area contributed by atoms with Crippen molar-refractivity contribution in [1.82, 2.24) is 15.5 Å². The summed E-state index contributed by atoms with van der Waals surface area (Å²) in [6.07, 6.45) is 0.739. The average Bonchev–Trinajstić information content (AvgIpc) is 2.60. The molecule has 2 amide bonds. The lowest BCUT2D eigenvalue weighted by Crippen LogP contribution is -2.49. The predicted molar refractivity (Wildman–Crippen MR) is 106 cm³/mol. The number of rotatable bonds is 7. The largest absolute Gasteiger partial charge is 0.368 e. The van der Waals surface area contributed by atoms with Gasteiger partial charge in [0.25, 0.3) is 0 Å². The number of piperazine rings is 1. The molecule has 26 heavy (non-hydrogen) atoms. The van der Waals surface area contributed by atoms with Gasteiger partial charge in [-0.05, 0) is 31.3 Å². The van der Waals surface area contributed by atoms with Crippen LogP contribution in [0.5, 0.6) is 0 Å². The molecule has 1 aromatic rings. The van der Waals surface area contributed by atoms with E-state index in [4.69, 9.17) is 0 Å². The Bertz CT molecular complexity index is 552. The van der Waals surface area contributed by atoms with Crippen LogP contribution < -0.4 is 15.5 Å². The maximum absolute atomic E-state index is 13.0. The van der Waals surface area contributed by atoms with Gasteiger partial charge in [0.15, 0.2) is 0 Å². The topological polar surface area (TPSA) is 64.7 Å². The van der Waals surface area contributed by atoms with Crippen LogP contribution in [0.2, 0.25) is 0 Å². The molecule has 2 N–H and O–H groups in total. The predicted octanol–water partition coefficient (Wildman–Crippen LogP) is 1.43. The van der Waals surface area contributed by atoms with Gasteiger partial charge in [-0.2, -0.15) is 0 Å². The first kappa shape index (κ1) is 24.4. The van der Waals surface area contributed by atoms with E-state index in [-0.39, 0.29) is 42.4 Å². The van der Waals surface area contributed by atoms with Crippen LogP contribution in [-0.2, 0) is 9.59 Å². The maximum Gasteiger partial charge on any atom is 0.224 e. The van der Waals surface area contributed by atoms with Crippen molar-refractivity contribution in [3.8, 4) is 0 Å². The standard InChI is InChI=1S/C17H25FN4O2.2ClH/c1-19-8-6-16(23)20-9-7-17(24)22-12-10-21(11-13-22)15-4-2-14(18)3-5-15;;/h2-5,19H,6-13H2,1H3,(H,20,23);2*1H. The first-order valence-corrected chi connectivity index (χ1v) is 8.29. The summed E-state index contributed by atoms with van der Waals surface area (Å²) >= 11 is 0. The summed E-state index contributed by atoms with van der Waals surface area (Å²) < 4.78 is 13.0. The van der Waals surface area contributed by atoms with Crippen LogP contribution in [-0.4, -0.2) is 63.0 Å². The van der Waals surface area contributed by atoms with Crippen LogP contribution >= 0.6 is 24.8 Å². The molecule has 0 aliphatic carbocycles. The summed E-state index contributed by atoms with van der Waals surface area (Å²) in [6.45, 7) is 3.75. The Hall–Kier alpha value is -1.57. The second-order valence-electron chi connectivity index (χ2n) is 5.80. The molecule has 0 unspecified atom stereocenters. The quantitative estimate of drug-likeness (QED) is 0.716. The molecule has 2 rings (SSSR count). The van der Waals surface area contributed by atoms with E-state index in [2.05, 4.69) is 15.5 Å². The van der Waals surface area contributed by atoms with E-state index in [9.17, 15) is 14.0 Å². The first-order chi connectivity index (χ1) is 11.6. The molecule has 0 spiro atoms. The minimum atomic E-state index is -0.246. The van der Waals surface area contributed by atoms with E-state index >= 15 is 0 Å². The molecule has 0 atom stereocenters. The number of nitrogens with one attached hydrogen (secondary N) is 2. The van der Waals surface area contributed by atoms with Crippen molar-refractivity contribution in [3.05, 3.63) is 30.1 Å². The van der Waals surface area contributed by atoms with Crippen LogP contribution in [0.3, 0.4) is 0 Å². The van der Waals surface area contributed by atoms with Crippen molar-refractivity contribution in [3.63, 3.8) is 0 Å². The van der Waals surface area contributed by atoms with Gasteiger partial charge in [0.05, 0.1) is 0 Å². The Kier molecular flexibility index (Phi) is 12.0. The van der Waals surface area contributed by atoms with Gasteiger partial charge in [0.2, 0.25) is 11.8 Å². The molecule has 148 valence electrons. The van der Waals surface area contributed by atoms with Gasteiger partial charge >= 0.3 is 0 Å². The summed E-state index contributed by atoms with van der Waals surface area (Å²) in [5.74, 6) is -0.231. The van der Waals surface area contributed by atoms with Crippen molar-refractivity contribution in [2.75, 3.05) is 51.2 Å². The number of anilines is 1. The molecule has 0 bridgehead atoms. The van der Waals surface area contributed by atoms with Gasteiger partial charge in [-0.1, -0.05) is 0 Å². The summed E-state index contributed by atoms with van der Waals surface area (Å²) in [5.41, 5.74) is 0.972. The van der Waals surface area contributed by atoms with Crippen molar-refractivity contribution < 1.29 is 14.0 Å². The van der Waals surface area contributed by atoms with Crippen LogP contribution in [0.1, 0.15) is 12.8 Å². The molecule has 1 heterocycles. The number of carbonyl (C=O) groups is 2. The lowest BCUT2D eigenvalue weighted by molar-refractivity contribution is -0.131. The molecule has 6 nitrogen and oxygen atoms in total. The number of nitrogens with zero attached hydrogens (tertiary/aromatic N) is 2. The number of benzene rings is 1. The number of carbonyl (C=O) groups excluding carboxylic acids is 2. The Morgan fingerprint density at radius 3 is 2.19 bits per heavy atom. The van der Waals surface area contributed by atoms with Crippen molar-refractivity contribution in [2.24, 2.45) is 0 Å². The van der Waals surface area contributed by atoms with E-state index in [0.717, 1.165) is 18.8 Å². The average molecular weight is 409 g/mol. The van der Waals surface area contributed by atoms with Crippen LogP contribution in [0.4, 0.5) is 10.1 Å². The van der Waals surface area contributed by atoms with Crippen molar-refractivity contribution in [1.29, 1.82) is 0 Å². The third-order valence-electron chi connectivity index (χ3n) is 4.09. The van der Waals surface area contributed by atoms with Gasteiger partial charge in [-0.25, -0.2) is 4.39 Å². The Morgan fingerprint density at radius 2 is 1.62 bits per heavy atom. The normalized spacial score (nSPS) is 13.5. The minimum absolute atomic E-state index is 0. The van der Waals surface area contributed by atoms with Gasteiger partial charge in [-0.15, -0.1) is 24.8 Å². The highest BCUT2D eigenvalue weighted by atomic mass is 35.5. The number of halogens is 3. The van der Waals surface area contributed by atoms with Crippen LogP contribution in [0.25, 0.3) is 0 Å². The Morgan fingerprint density at radius 1 is 1.00 bits per heavy atom. The monoisotopic (exact) mass is 408 g/mol. The molecule has 1 aromatic carbocycles. The third kappa shape index (κ3) is 7.76. The van der Waals surface area contributed by atoms with E-state index in [0.29, 0.717) is 39.0 Å². The van der Waals surface area contributed by atoms with Gasteiger partial charge < -0.3 is 20.4 Å². The van der Waals surface area contributed by atoms with E-state index < -0.39 is 0 Å². The first-order valence-electron chi connectivity index (χ1n) is 8.29. The Balaban J connectivity index is 0.00000312. The molecule has 1 fully saturated rings. The molecule has 0 radical (unpaired) electrons. The zero-order valence-electron chi connectivity index (χ0n) is 14.9. The highest BCUT2D eigenvalue weighted by molar-refractivity contribution is 5.85. The summed E-state index contributed by atoms with van der Waals surface area (Å²) in [4.78, 5) is 27.6. The van der Waals surface area contributed by atoms with Crippen molar-refractivity contribution >= 4 is 42.3 Å². The molecular formula is C17H27Cl2FN4O2. The Labute approximate surface area is 166 Å². The fourth-order valence-electron chi connectivity index (χ4n) is 2.66. The van der Waals surface area contributed by atoms with E-state index in [1.807, 2.05) is 4.90 Å². The molecule has 1 saturated heterocycles. The lowest BCUT2D eigenvalue weighted by atomic mass is 10.2. The highest BCUT2D eigenvalue weighted by Crippen LogP contribution is 2.17. The van der Waals surface area contributed by atoms with Gasteiger partial charge in [0.1, 0.15) is 5.82 Å². The molecule has 1 aliphatic heterocycles. The van der Waals surface area contributed by atoms with Gasteiger partial charge in [0, 0.05) is 57.8 Å². The third-order valence-corrected chi connectivity index (χ3v) is 4.09. The SMILES string of the molecule is CNCCC(=O)NCCC(=O)N1CCN(c2ccc(F)cc2)CC1.Cl.Cl. The summed E-state index contributed by atoms with van der Waals surface area (Å²) in [7, 11) is 1.79. The fraction of sp³-hybridized carbons (Fsp3) is 0.529. The molecule has 0 saturated carbocycles. The van der Waals surface area contributed by atoms with Crippen LogP contribution in [0, 0.1) is 5.82 Å². The molecule has 9 heteroatoms. The summed E-state index contributed by atoms with van der Waals surface area (Å²) in [5, 5.41) is 5.66. The van der Waals surface area contributed by atoms with E-state index in [1.165, 1.54) is 12.1 Å². The fourth-order valence-corrected chi connectivity index (χ4v) is 2.66. The summed E-state index contributed by atoms with van der Waals surface area (Å²) in [6, 6.07) is 6.41. The second-order valence-corrected chi connectivity index (χ2v) is 5.80. The second kappa shape index (κ2) is 12.7. The van der Waals surface area contributed by atoms with E-state index in [1.54, 1.807) is 19.2 Å². The van der Waals surface area contributed by atoms with Gasteiger partial charge in [-0.3, -0.25) is 9.59 Å². The minimum Gasteiger partial charge on any atom is -0.368 e. The number of hydrogen-bond donors (Lipinski definition) is 2. The van der Waals surface area contributed by atoms with Crippen molar-refractivity contribution in [2.45, 2.75) is 12.8 Å². The maximum atomic E-state index is 13.0. The molecule has 1 aliphatic rings. The highest BCUT2D eigenvalue weighted by Gasteiger charge is 2.21. The van der Waals surface area contributed by atoms with Crippen LogP contribution in [0.15, 0.2) is 24.3 Å². The number of amides is 2. The molecular weight excluding hydrogens is 382 g/mol. The smallest absolute Gasteiger partial charge is 0.224 e. The zero-order chi connectivity index (χ0) is 17.4. The lowest BCUT2D eigenvalue weighted by Gasteiger charge is -2.36. The molecule has 0 aromatic heterocycles. The number of hydrogen-bond acceptors (Lipinski definition) is 4. The zero-order valence-corrected chi connectivity index (χ0v) is 16.5.